The van der Waals surface area contributed by atoms with Crippen molar-refractivity contribution in [2.24, 2.45) is 5.92 Å². The van der Waals surface area contributed by atoms with Crippen LogP contribution in [0.15, 0.2) is 36.7 Å². The molecule has 0 aliphatic heterocycles. The normalized spacial score (nSPS) is 15.2. The minimum absolute atomic E-state index is 0.0263. The number of aromatic carboxylic acids is 1. The van der Waals surface area contributed by atoms with Crippen LogP contribution >= 0.6 is 0 Å². The third-order valence-electron chi connectivity index (χ3n) is 3.36. The van der Waals surface area contributed by atoms with Gasteiger partial charge in [-0.15, -0.1) is 0 Å². The van der Waals surface area contributed by atoms with Crippen LogP contribution in [0.2, 0.25) is 0 Å². The van der Waals surface area contributed by atoms with E-state index < -0.39 is 5.97 Å². The van der Waals surface area contributed by atoms with E-state index >= 15 is 0 Å². The van der Waals surface area contributed by atoms with Crippen LogP contribution in [0.4, 0.5) is 5.82 Å². The van der Waals surface area contributed by atoms with E-state index in [1.54, 1.807) is 12.3 Å². The summed E-state index contributed by atoms with van der Waals surface area (Å²) in [5.41, 5.74) is 1.93. The number of hydrogen-bond acceptors (Lipinski definition) is 5. The molecule has 3 rings (SSSR count). The predicted octanol–water partition coefficient (Wildman–Crippen LogP) is 1.82. The molecule has 1 unspecified atom stereocenters. The zero-order chi connectivity index (χ0) is 15.9. The number of fused-ring (bicyclic) bond motifs is 1. The van der Waals surface area contributed by atoms with Crippen molar-refractivity contribution in [1.29, 1.82) is 0 Å². The average Bonchev–Trinajstić information content (AvgIpc) is 2.98. The summed E-state index contributed by atoms with van der Waals surface area (Å²) in [5.74, 6) is -0.0936. The first-order valence-corrected chi connectivity index (χ1v) is 6.89. The van der Waals surface area contributed by atoms with Crippen molar-refractivity contribution in [3.8, 4) is 0 Å². The minimum Gasteiger partial charge on any atom is -0.478 e. The molecule has 2 aromatic heterocycles. The summed E-state index contributed by atoms with van der Waals surface area (Å²) in [6.07, 6.45) is 5.26. The number of aldehydes is 1. The molecule has 2 aromatic rings. The fourth-order valence-corrected chi connectivity index (χ4v) is 2.23. The Kier molecular flexibility index (Phi) is 5.19. The largest absolute Gasteiger partial charge is 0.478 e. The van der Waals surface area contributed by atoms with Crippen LogP contribution in [0.5, 0.6) is 0 Å². The number of pyridine rings is 2. The van der Waals surface area contributed by atoms with E-state index in [1.807, 2.05) is 25.2 Å². The van der Waals surface area contributed by atoms with E-state index in [9.17, 15) is 9.59 Å². The first-order valence-electron chi connectivity index (χ1n) is 6.89. The van der Waals surface area contributed by atoms with Gasteiger partial charge in [0.05, 0.1) is 5.56 Å². The van der Waals surface area contributed by atoms with Crippen molar-refractivity contribution in [3.63, 3.8) is 0 Å². The Bertz CT molecular complexity index is 659. The van der Waals surface area contributed by atoms with E-state index in [4.69, 9.17) is 5.11 Å². The molecule has 0 saturated carbocycles. The van der Waals surface area contributed by atoms with Gasteiger partial charge in [0.25, 0.3) is 0 Å². The molecule has 0 spiro atoms. The van der Waals surface area contributed by atoms with E-state index in [1.165, 1.54) is 6.20 Å². The summed E-state index contributed by atoms with van der Waals surface area (Å²) >= 11 is 0. The third kappa shape index (κ3) is 3.88. The van der Waals surface area contributed by atoms with Crippen LogP contribution in [0.1, 0.15) is 21.6 Å². The number of hydrogen-bond donors (Lipinski definition) is 2. The smallest absolute Gasteiger partial charge is 0.337 e. The summed E-state index contributed by atoms with van der Waals surface area (Å²) in [7, 11) is 1.85. The molecule has 0 amide bonds. The SMILES string of the molecule is CNc1ccccn1.O=CC1Cc2cc(C(=O)O)cnc2C1. The Labute approximate surface area is 128 Å². The van der Waals surface area contributed by atoms with Gasteiger partial charge in [-0.3, -0.25) is 4.98 Å². The highest BCUT2D eigenvalue weighted by molar-refractivity contribution is 5.87. The Morgan fingerprint density at radius 1 is 1.36 bits per heavy atom. The highest BCUT2D eigenvalue weighted by atomic mass is 16.4. The molecule has 0 fully saturated rings. The second-order valence-corrected chi connectivity index (χ2v) is 4.90. The van der Waals surface area contributed by atoms with E-state index in [0.717, 1.165) is 23.4 Å². The Hall–Kier alpha value is -2.76. The van der Waals surface area contributed by atoms with Gasteiger partial charge in [-0.25, -0.2) is 9.78 Å². The monoisotopic (exact) mass is 299 g/mol. The van der Waals surface area contributed by atoms with E-state index in [2.05, 4.69) is 15.3 Å². The zero-order valence-electron chi connectivity index (χ0n) is 12.2. The molecule has 6 heteroatoms. The quantitative estimate of drug-likeness (QED) is 0.840. The number of rotatable bonds is 3. The van der Waals surface area contributed by atoms with Gasteiger partial charge in [-0.05, 0) is 36.6 Å². The van der Waals surface area contributed by atoms with Gasteiger partial charge in [-0.2, -0.15) is 0 Å². The van der Waals surface area contributed by atoms with Crippen LogP contribution in [0.3, 0.4) is 0 Å². The third-order valence-corrected chi connectivity index (χ3v) is 3.36. The van der Waals surface area contributed by atoms with Crippen molar-refractivity contribution < 1.29 is 14.7 Å². The summed E-state index contributed by atoms with van der Waals surface area (Å²) in [6, 6.07) is 7.36. The topological polar surface area (TPSA) is 92.2 Å². The molecule has 0 bridgehead atoms. The number of aromatic nitrogens is 2. The Balaban J connectivity index is 0.000000188. The molecule has 2 heterocycles. The second kappa shape index (κ2) is 7.31. The molecule has 2 N–H and O–H groups in total. The van der Waals surface area contributed by atoms with E-state index in [0.29, 0.717) is 12.8 Å². The highest BCUT2D eigenvalue weighted by Gasteiger charge is 2.23. The molecule has 22 heavy (non-hydrogen) atoms. The maximum atomic E-state index is 10.6. The van der Waals surface area contributed by atoms with Crippen molar-refractivity contribution in [1.82, 2.24) is 9.97 Å². The van der Waals surface area contributed by atoms with Crippen LogP contribution in [0.25, 0.3) is 0 Å². The molecule has 1 atom stereocenters. The number of carboxylic acids is 1. The zero-order valence-corrected chi connectivity index (χ0v) is 12.2. The molecule has 6 nitrogen and oxygen atoms in total. The number of nitrogens with one attached hydrogen (secondary N) is 1. The van der Waals surface area contributed by atoms with Crippen molar-refractivity contribution in [2.75, 3.05) is 12.4 Å². The van der Waals surface area contributed by atoms with Gasteiger partial charge < -0.3 is 15.2 Å². The molecule has 0 radical (unpaired) electrons. The molecule has 1 aliphatic carbocycles. The molecule has 0 aromatic carbocycles. The molecule has 0 saturated heterocycles. The lowest BCUT2D eigenvalue weighted by atomic mass is 10.1. The van der Waals surface area contributed by atoms with Crippen LogP contribution < -0.4 is 5.32 Å². The maximum absolute atomic E-state index is 10.6. The molecule has 114 valence electrons. The first-order chi connectivity index (χ1) is 10.6. The second-order valence-electron chi connectivity index (χ2n) is 4.90. The van der Waals surface area contributed by atoms with Gasteiger partial charge in [0, 0.05) is 31.1 Å². The highest BCUT2D eigenvalue weighted by Crippen LogP contribution is 2.24. The van der Waals surface area contributed by atoms with Gasteiger partial charge >= 0.3 is 5.97 Å². The number of nitrogens with zero attached hydrogens (tertiary/aromatic N) is 2. The fraction of sp³-hybridized carbons (Fsp3) is 0.250. The summed E-state index contributed by atoms with van der Waals surface area (Å²) in [4.78, 5) is 29.2. The summed E-state index contributed by atoms with van der Waals surface area (Å²) < 4.78 is 0. The van der Waals surface area contributed by atoms with Gasteiger partial charge in [0.2, 0.25) is 0 Å². The Morgan fingerprint density at radius 2 is 2.18 bits per heavy atom. The van der Waals surface area contributed by atoms with Crippen LogP contribution in [-0.4, -0.2) is 34.4 Å². The molecule has 1 aliphatic rings. The minimum atomic E-state index is -0.977. The number of anilines is 1. The number of carbonyl (C=O) groups excluding carboxylic acids is 1. The number of carboxylic acid groups (broad SMARTS) is 1. The van der Waals surface area contributed by atoms with Gasteiger partial charge in [0.15, 0.2) is 0 Å². The average molecular weight is 299 g/mol. The molecular weight excluding hydrogens is 282 g/mol. The standard InChI is InChI=1S/C10H9NO3.C6H8N2/c12-5-6-1-7-3-8(10(13)14)4-11-9(7)2-6;1-7-6-4-2-3-5-8-6/h3-6H,1-2H2,(H,13,14);2-5H,1H3,(H,7,8). The van der Waals surface area contributed by atoms with Crippen molar-refractivity contribution in [2.45, 2.75) is 12.8 Å². The lowest BCUT2D eigenvalue weighted by Gasteiger charge is -1.98. The van der Waals surface area contributed by atoms with Crippen molar-refractivity contribution in [3.05, 3.63) is 53.5 Å². The lowest BCUT2D eigenvalue weighted by molar-refractivity contribution is -0.110. The number of carbonyl (C=O) groups is 2. The maximum Gasteiger partial charge on any atom is 0.337 e. The lowest BCUT2D eigenvalue weighted by Crippen LogP contribution is -1.99. The van der Waals surface area contributed by atoms with Crippen molar-refractivity contribution >= 4 is 18.1 Å². The Morgan fingerprint density at radius 3 is 2.73 bits per heavy atom. The van der Waals surface area contributed by atoms with Gasteiger partial charge in [-0.1, -0.05) is 6.07 Å². The predicted molar refractivity (Wildman–Crippen MR) is 81.9 cm³/mol. The fourth-order valence-electron chi connectivity index (χ4n) is 2.23. The van der Waals surface area contributed by atoms with E-state index in [-0.39, 0.29) is 11.5 Å². The van der Waals surface area contributed by atoms with Gasteiger partial charge in [0.1, 0.15) is 12.1 Å². The first kappa shape index (κ1) is 15.6. The summed E-state index contributed by atoms with van der Waals surface area (Å²) in [6.45, 7) is 0. The van der Waals surface area contributed by atoms with Crippen LogP contribution in [-0.2, 0) is 17.6 Å². The summed E-state index contributed by atoms with van der Waals surface area (Å²) in [5, 5.41) is 11.6. The molecular formula is C16H17N3O3. The van der Waals surface area contributed by atoms with Crippen LogP contribution in [0, 0.1) is 5.92 Å².